The summed E-state index contributed by atoms with van der Waals surface area (Å²) in [5.41, 5.74) is -0.348. The molecule has 0 radical (unpaired) electrons. The zero-order chi connectivity index (χ0) is 28.2. The van der Waals surface area contributed by atoms with E-state index in [9.17, 15) is 9.18 Å². The highest BCUT2D eigenvalue weighted by Crippen LogP contribution is 2.35. The lowest BCUT2D eigenvalue weighted by Crippen LogP contribution is -2.43. The van der Waals surface area contributed by atoms with E-state index in [0.29, 0.717) is 24.0 Å². The molecular weight excluding hydrogens is 457 g/mol. The lowest BCUT2D eigenvalue weighted by atomic mass is 9.95. The number of hydrogen-bond donors (Lipinski definition) is 0. The van der Waals surface area contributed by atoms with Gasteiger partial charge >= 0.3 is 5.69 Å². The van der Waals surface area contributed by atoms with Crippen LogP contribution in [-0.4, -0.2) is 38.7 Å². The molecule has 1 saturated heterocycles. The molecule has 4 heterocycles. The highest BCUT2D eigenvalue weighted by molar-refractivity contribution is 6.30. The van der Waals surface area contributed by atoms with Crippen molar-refractivity contribution in [2.24, 2.45) is 5.92 Å². The summed E-state index contributed by atoms with van der Waals surface area (Å²) in [4.78, 5) is 28.8. The van der Waals surface area contributed by atoms with Crippen molar-refractivity contribution in [3.05, 3.63) is 45.5 Å². The Bertz CT molecular complexity index is 1430. The van der Waals surface area contributed by atoms with E-state index in [0.717, 1.165) is 24.3 Å². The molecule has 0 bridgehead atoms. The van der Waals surface area contributed by atoms with Crippen LogP contribution in [0.25, 0.3) is 16.7 Å². The van der Waals surface area contributed by atoms with Gasteiger partial charge in [0.2, 0.25) is 0 Å². The molecule has 2 atom stereocenters. The number of aromatic nitrogens is 4. The zero-order valence-corrected chi connectivity index (χ0v) is 20.6. The van der Waals surface area contributed by atoms with Crippen LogP contribution in [-0.2, 0) is 0 Å². The van der Waals surface area contributed by atoms with E-state index in [2.05, 4.69) is 21.9 Å². The van der Waals surface area contributed by atoms with E-state index in [1.165, 1.54) is 18.3 Å². The summed E-state index contributed by atoms with van der Waals surface area (Å²) in [5, 5.41) is -0.189. The monoisotopic (exact) mass is 491 g/mol. The molecule has 1 aliphatic rings. The number of ether oxygens (including phenoxy) is 1. The molecule has 0 aromatic carbocycles. The van der Waals surface area contributed by atoms with Gasteiger partial charge in [0.1, 0.15) is 17.3 Å². The van der Waals surface area contributed by atoms with Crippen LogP contribution in [0.1, 0.15) is 70.9 Å². The van der Waals surface area contributed by atoms with Crippen molar-refractivity contribution in [1.82, 2.24) is 19.5 Å². The number of fused-ring (bicyclic) bond motifs is 1. The van der Waals surface area contributed by atoms with Crippen molar-refractivity contribution in [2.75, 3.05) is 18.0 Å². The summed E-state index contributed by atoms with van der Waals surface area (Å²) in [6, 6.07) is 2.60. The van der Waals surface area contributed by atoms with Gasteiger partial charge in [0.15, 0.2) is 16.6 Å². The first-order valence-corrected chi connectivity index (χ1v) is 11.7. The van der Waals surface area contributed by atoms with E-state index in [4.69, 9.17) is 21.8 Å². The van der Waals surface area contributed by atoms with Crippen molar-refractivity contribution >= 4 is 28.5 Å². The minimum atomic E-state index is -2.76. The van der Waals surface area contributed by atoms with E-state index in [-0.39, 0.29) is 34.4 Å². The van der Waals surface area contributed by atoms with Gasteiger partial charge in [-0.05, 0) is 44.0 Å². The van der Waals surface area contributed by atoms with Crippen LogP contribution in [0.5, 0.6) is 5.75 Å². The maximum atomic E-state index is 14.8. The van der Waals surface area contributed by atoms with Crippen LogP contribution >= 0.6 is 11.6 Å². The van der Waals surface area contributed by atoms with E-state index in [1.54, 1.807) is 0 Å². The predicted octanol–water partition coefficient (Wildman–Crippen LogP) is 5.51. The molecule has 0 spiro atoms. The Morgan fingerprint density at radius 2 is 2.09 bits per heavy atom. The average Bonchev–Trinajstić information content (AvgIpc) is 2.81. The second-order valence-corrected chi connectivity index (χ2v) is 9.38. The molecule has 1 fully saturated rings. The molecule has 0 N–H and O–H groups in total. The van der Waals surface area contributed by atoms with Crippen molar-refractivity contribution in [2.45, 2.75) is 65.8 Å². The van der Waals surface area contributed by atoms with Gasteiger partial charge in [-0.25, -0.2) is 18.7 Å². The maximum absolute atomic E-state index is 14.8. The smallest absolute Gasteiger partial charge is 0.356 e. The summed E-state index contributed by atoms with van der Waals surface area (Å²) >= 11 is 6.11. The van der Waals surface area contributed by atoms with Gasteiger partial charge in [-0.2, -0.15) is 4.98 Å². The van der Waals surface area contributed by atoms with Crippen molar-refractivity contribution in [3.63, 3.8) is 0 Å². The standard InChI is InChI=1S/C25H31ClFN5O2/c1-6-11-34-19-9-10-28-20(14(2)3)21(19)32-24-17(12-18(27)22(26)29-24)23(30-25(32)33)31-13-15(4)7-8-16(31)5/h9-10,12,14-16H,6-8,11,13H2,1-5H3/t15-,16-/m0/s1/i6D2,11D2. The summed E-state index contributed by atoms with van der Waals surface area (Å²) in [6.07, 6.45) is 0.906. The number of piperidine rings is 1. The number of hydrogen-bond acceptors (Lipinski definition) is 6. The van der Waals surface area contributed by atoms with Gasteiger partial charge in [0.05, 0.1) is 20.4 Å². The topological polar surface area (TPSA) is 73.1 Å². The van der Waals surface area contributed by atoms with Crippen LogP contribution in [0.2, 0.25) is 5.15 Å². The predicted molar refractivity (Wildman–Crippen MR) is 133 cm³/mol. The van der Waals surface area contributed by atoms with Crippen LogP contribution in [0.3, 0.4) is 0 Å². The van der Waals surface area contributed by atoms with Gasteiger partial charge in [0, 0.05) is 27.6 Å². The molecule has 0 aliphatic carbocycles. The zero-order valence-electron chi connectivity index (χ0n) is 23.9. The Balaban J connectivity index is 2.07. The summed E-state index contributed by atoms with van der Waals surface area (Å²) < 4.78 is 53.6. The Kier molecular flexibility index (Phi) is 5.67. The van der Waals surface area contributed by atoms with E-state index in [1.807, 2.05) is 25.7 Å². The normalized spacial score (nSPS) is 21.2. The van der Waals surface area contributed by atoms with Crippen LogP contribution in [0.15, 0.2) is 23.1 Å². The second-order valence-electron chi connectivity index (χ2n) is 9.02. The summed E-state index contributed by atoms with van der Waals surface area (Å²) in [7, 11) is 0. The van der Waals surface area contributed by atoms with Crippen LogP contribution < -0.4 is 15.3 Å². The Labute approximate surface area is 209 Å². The molecule has 3 aromatic rings. The minimum Gasteiger partial charge on any atom is -0.491 e. The molecule has 34 heavy (non-hydrogen) atoms. The fourth-order valence-electron chi connectivity index (χ4n) is 4.38. The number of rotatable bonds is 6. The van der Waals surface area contributed by atoms with Gasteiger partial charge in [0.25, 0.3) is 0 Å². The van der Waals surface area contributed by atoms with Crippen LogP contribution in [0.4, 0.5) is 10.2 Å². The Morgan fingerprint density at radius 1 is 1.32 bits per heavy atom. The molecule has 0 amide bonds. The second kappa shape index (κ2) is 9.86. The third kappa shape index (κ3) is 4.48. The number of anilines is 1. The molecule has 7 nitrogen and oxygen atoms in total. The first-order valence-electron chi connectivity index (χ1n) is 13.4. The molecule has 3 aromatic heterocycles. The molecule has 9 heteroatoms. The molecular formula is C25H31ClFN5O2. The molecule has 0 unspecified atom stereocenters. The third-order valence-corrected chi connectivity index (χ3v) is 6.36. The largest absolute Gasteiger partial charge is 0.491 e. The lowest BCUT2D eigenvalue weighted by molar-refractivity contribution is 0.315. The molecule has 4 rings (SSSR count). The van der Waals surface area contributed by atoms with Gasteiger partial charge in [-0.15, -0.1) is 0 Å². The number of halogens is 2. The van der Waals surface area contributed by atoms with E-state index >= 15 is 0 Å². The first kappa shape index (κ1) is 19.6. The Hall–Kier alpha value is -2.74. The molecule has 1 aliphatic heterocycles. The highest BCUT2D eigenvalue weighted by Gasteiger charge is 2.29. The lowest BCUT2D eigenvalue weighted by Gasteiger charge is -2.38. The van der Waals surface area contributed by atoms with Crippen molar-refractivity contribution in [3.8, 4) is 11.4 Å². The SMILES string of the molecule is [2H]C([2H])(C)C([2H])([2H])Oc1ccnc(C(C)C)c1-n1c(=O)nc(N2C[C@@H](C)CC[C@@H]2C)c2cc(F)c(Cl)nc21. The highest BCUT2D eigenvalue weighted by atomic mass is 35.5. The van der Waals surface area contributed by atoms with Crippen molar-refractivity contribution < 1.29 is 14.6 Å². The maximum Gasteiger partial charge on any atom is 0.356 e. The minimum absolute atomic E-state index is 0.0108. The summed E-state index contributed by atoms with van der Waals surface area (Å²) in [6.45, 7) is 6.70. The fraction of sp³-hybridized carbons (Fsp3) is 0.520. The number of pyridine rings is 2. The van der Waals surface area contributed by atoms with Gasteiger partial charge in [-0.3, -0.25) is 4.98 Å². The quantitative estimate of drug-likeness (QED) is 0.423. The Morgan fingerprint density at radius 3 is 2.79 bits per heavy atom. The number of nitrogens with zero attached hydrogens (tertiary/aromatic N) is 5. The van der Waals surface area contributed by atoms with Crippen molar-refractivity contribution in [1.29, 1.82) is 0 Å². The molecule has 182 valence electrons. The van der Waals surface area contributed by atoms with Crippen LogP contribution in [0, 0.1) is 11.7 Å². The third-order valence-electron chi connectivity index (χ3n) is 6.10. The first-order chi connectivity index (χ1) is 17.6. The molecule has 0 saturated carbocycles. The summed E-state index contributed by atoms with van der Waals surface area (Å²) in [5.74, 6) is -0.543. The van der Waals surface area contributed by atoms with E-state index < -0.39 is 29.6 Å². The fourth-order valence-corrected chi connectivity index (χ4v) is 4.51. The average molecular weight is 492 g/mol. The van der Waals surface area contributed by atoms with Gasteiger partial charge < -0.3 is 9.64 Å². The van der Waals surface area contributed by atoms with Gasteiger partial charge in [-0.1, -0.05) is 39.3 Å².